The molecule has 0 aromatic carbocycles. The lowest BCUT2D eigenvalue weighted by Crippen LogP contribution is -2.57. The second-order valence-electron chi connectivity index (χ2n) is 5.70. The van der Waals surface area contributed by atoms with Gasteiger partial charge in [-0.05, 0) is 18.3 Å². The van der Waals surface area contributed by atoms with Crippen molar-refractivity contribution < 1.29 is 9.47 Å². The third-order valence-corrected chi connectivity index (χ3v) is 3.41. The SMILES string of the molecule is C#C[C@@]1(N)[C@H](OC)[C@@H](CC(C)C)O[C@H]1C(C)C. The van der Waals surface area contributed by atoms with Crippen molar-refractivity contribution in [2.24, 2.45) is 17.6 Å². The van der Waals surface area contributed by atoms with Gasteiger partial charge >= 0.3 is 0 Å². The lowest BCUT2D eigenvalue weighted by molar-refractivity contribution is -0.0264. The van der Waals surface area contributed by atoms with Gasteiger partial charge in [-0.1, -0.05) is 33.6 Å². The number of methoxy groups -OCH3 is 1. The van der Waals surface area contributed by atoms with Gasteiger partial charge < -0.3 is 15.2 Å². The van der Waals surface area contributed by atoms with Crippen LogP contribution in [0.4, 0.5) is 0 Å². The molecule has 2 N–H and O–H groups in total. The number of rotatable bonds is 4. The number of ether oxygens (including phenoxy) is 2. The van der Waals surface area contributed by atoms with Gasteiger partial charge in [0.15, 0.2) is 0 Å². The van der Waals surface area contributed by atoms with E-state index in [9.17, 15) is 0 Å². The van der Waals surface area contributed by atoms with Crippen molar-refractivity contribution in [3.8, 4) is 12.3 Å². The highest BCUT2D eigenvalue weighted by atomic mass is 16.6. The molecule has 3 heteroatoms. The topological polar surface area (TPSA) is 44.5 Å². The summed E-state index contributed by atoms with van der Waals surface area (Å²) in [4.78, 5) is 0. The Morgan fingerprint density at radius 2 is 2.00 bits per heavy atom. The Labute approximate surface area is 105 Å². The Bertz CT molecular complexity index is 295. The Morgan fingerprint density at radius 1 is 1.41 bits per heavy atom. The largest absolute Gasteiger partial charge is 0.376 e. The van der Waals surface area contributed by atoms with Gasteiger partial charge in [0.1, 0.15) is 11.6 Å². The van der Waals surface area contributed by atoms with Crippen LogP contribution in [-0.4, -0.2) is 31.0 Å². The van der Waals surface area contributed by atoms with E-state index < -0.39 is 5.54 Å². The summed E-state index contributed by atoms with van der Waals surface area (Å²) in [5, 5.41) is 0. The van der Waals surface area contributed by atoms with E-state index in [2.05, 4.69) is 33.6 Å². The van der Waals surface area contributed by atoms with E-state index in [-0.39, 0.29) is 24.2 Å². The molecule has 1 aliphatic heterocycles. The molecule has 0 amide bonds. The highest BCUT2D eigenvalue weighted by Gasteiger charge is 2.54. The fraction of sp³-hybridized carbons (Fsp3) is 0.857. The van der Waals surface area contributed by atoms with Crippen molar-refractivity contribution in [1.29, 1.82) is 0 Å². The van der Waals surface area contributed by atoms with E-state index >= 15 is 0 Å². The van der Waals surface area contributed by atoms with Gasteiger partial charge in [-0.15, -0.1) is 6.42 Å². The van der Waals surface area contributed by atoms with Crippen LogP contribution in [0, 0.1) is 24.2 Å². The summed E-state index contributed by atoms with van der Waals surface area (Å²) >= 11 is 0. The van der Waals surface area contributed by atoms with E-state index in [0.29, 0.717) is 5.92 Å². The average Bonchev–Trinajstić information content (AvgIpc) is 2.51. The van der Waals surface area contributed by atoms with Crippen LogP contribution in [-0.2, 0) is 9.47 Å². The fourth-order valence-corrected chi connectivity index (χ4v) is 2.71. The zero-order valence-corrected chi connectivity index (χ0v) is 11.6. The first-order valence-electron chi connectivity index (χ1n) is 6.31. The summed E-state index contributed by atoms with van der Waals surface area (Å²) in [6.07, 6.45) is 6.18. The molecule has 1 fully saturated rings. The maximum absolute atomic E-state index is 6.34. The summed E-state index contributed by atoms with van der Waals surface area (Å²) in [7, 11) is 1.66. The number of nitrogens with two attached hydrogens (primary N) is 1. The highest BCUT2D eigenvalue weighted by molar-refractivity contribution is 5.24. The van der Waals surface area contributed by atoms with Crippen LogP contribution < -0.4 is 5.73 Å². The second kappa shape index (κ2) is 5.39. The van der Waals surface area contributed by atoms with Crippen LogP contribution in [0.25, 0.3) is 0 Å². The Hall–Kier alpha value is -0.560. The summed E-state index contributed by atoms with van der Waals surface area (Å²) in [6.45, 7) is 8.47. The van der Waals surface area contributed by atoms with Crippen LogP contribution in [0.2, 0.25) is 0 Å². The van der Waals surface area contributed by atoms with Crippen LogP contribution in [0.15, 0.2) is 0 Å². The molecule has 1 heterocycles. The van der Waals surface area contributed by atoms with Gasteiger partial charge in [-0.2, -0.15) is 0 Å². The molecule has 4 atom stereocenters. The van der Waals surface area contributed by atoms with E-state index in [1.807, 2.05) is 0 Å². The van der Waals surface area contributed by atoms with Crippen molar-refractivity contribution in [3.63, 3.8) is 0 Å². The molecule has 1 aliphatic rings. The smallest absolute Gasteiger partial charge is 0.133 e. The molecule has 0 radical (unpaired) electrons. The molecule has 0 bridgehead atoms. The Balaban J connectivity index is 2.97. The lowest BCUT2D eigenvalue weighted by Gasteiger charge is -2.31. The average molecular weight is 239 g/mol. The van der Waals surface area contributed by atoms with Gasteiger partial charge in [-0.25, -0.2) is 0 Å². The number of terminal acetylenes is 1. The molecule has 98 valence electrons. The molecule has 0 spiro atoms. The van der Waals surface area contributed by atoms with Crippen molar-refractivity contribution in [1.82, 2.24) is 0 Å². The fourth-order valence-electron chi connectivity index (χ4n) is 2.71. The number of hydrogen-bond acceptors (Lipinski definition) is 3. The summed E-state index contributed by atoms with van der Waals surface area (Å²) < 4.78 is 11.6. The Kier molecular flexibility index (Phi) is 4.60. The second-order valence-corrected chi connectivity index (χ2v) is 5.70. The van der Waals surface area contributed by atoms with Crippen molar-refractivity contribution >= 4 is 0 Å². The van der Waals surface area contributed by atoms with Crippen molar-refractivity contribution in [2.45, 2.75) is 58.0 Å². The van der Waals surface area contributed by atoms with Gasteiger partial charge in [0.2, 0.25) is 0 Å². The maximum Gasteiger partial charge on any atom is 0.133 e. The van der Waals surface area contributed by atoms with Gasteiger partial charge in [0.05, 0.1) is 12.2 Å². The first-order chi connectivity index (χ1) is 7.86. The molecule has 0 aromatic rings. The minimum Gasteiger partial charge on any atom is -0.376 e. The molecule has 0 aliphatic carbocycles. The molecule has 1 rings (SSSR count). The van der Waals surface area contributed by atoms with Crippen LogP contribution in [0.5, 0.6) is 0 Å². The monoisotopic (exact) mass is 239 g/mol. The molecule has 0 saturated carbocycles. The standard InChI is InChI=1S/C14H25NO2/c1-7-14(15)12(10(4)5)17-11(8-9(2)3)13(14)16-6/h1,9-13H,8,15H2,2-6H3/t11-,12+,13-,14+/m1/s1. The summed E-state index contributed by atoms with van der Waals surface area (Å²) in [6, 6.07) is 0. The van der Waals surface area contributed by atoms with Gasteiger partial charge in [-0.3, -0.25) is 0 Å². The van der Waals surface area contributed by atoms with Gasteiger partial charge in [0.25, 0.3) is 0 Å². The summed E-state index contributed by atoms with van der Waals surface area (Å²) in [5.41, 5.74) is 5.52. The third-order valence-electron chi connectivity index (χ3n) is 3.41. The first-order valence-corrected chi connectivity index (χ1v) is 6.31. The zero-order valence-electron chi connectivity index (χ0n) is 11.6. The quantitative estimate of drug-likeness (QED) is 0.761. The Morgan fingerprint density at radius 3 is 2.35 bits per heavy atom. The van der Waals surface area contributed by atoms with E-state index in [1.54, 1.807) is 7.11 Å². The normalized spacial score (nSPS) is 37.7. The molecule has 0 aromatic heterocycles. The van der Waals surface area contributed by atoms with Crippen LogP contribution >= 0.6 is 0 Å². The summed E-state index contributed by atoms with van der Waals surface area (Å²) in [5.74, 6) is 3.52. The lowest BCUT2D eigenvalue weighted by atomic mass is 9.82. The van der Waals surface area contributed by atoms with E-state index in [1.165, 1.54) is 0 Å². The molecule has 17 heavy (non-hydrogen) atoms. The molecular formula is C14H25NO2. The molecule has 1 saturated heterocycles. The van der Waals surface area contributed by atoms with E-state index in [4.69, 9.17) is 21.6 Å². The highest BCUT2D eigenvalue weighted by Crippen LogP contribution is 2.37. The van der Waals surface area contributed by atoms with Gasteiger partial charge in [0, 0.05) is 7.11 Å². The third kappa shape index (κ3) is 2.65. The van der Waals surface area contributed by atoms with Crippen LogP contribution in [0.3, 0.4) is 0 Å². The minimum absolute atomic E-state index is 0.00606. The van der Waals surface area contributed by atoms with Crippen molar-refractivity contribution in [2.75, 3.05) is 7.11 Å². The zero-order chi connectivity index (χ0) is 13.2. The maximum atomic E-state index is 6.34. The predicted molar refractivity (Wildman–Crippen MR) is 69.5 cm³/mol. The van der Waals surface area contributed by atoms with Crippen LogP contribution in [0.1, 0.15) is 34.1 Å². The van der Waals surface area contributed by atoms with E-state index in [0.717, 1.165) is 6.42 Å². The molecule has 3 nitrogen and oxygen atoms in total. The minimum atomic E-state index is -0.817. The first kappa shape index (κ1) is 14.5. The molecule has 0 unspecified atom stereocenters. The molecular weight excluding hydrogens is 214 g/mol. The number of hydrogen-bond donors (Lipinski definition) is 1. The predicted octanol–water partition coefficient (Wildman–Crippen LogP) is 1.80. The van der Waals surface area contributed by atoms with Crippen molar-refractivity contribution in [3.05, 3.63) is 0 Å².